The van der Waals surface area contributed by atoms with E-state index < -0.39 is 10.0 Å². The number of aryl methyl sites for hydroxylation is 1. The number of benzene rings is 2. The predicted octanol–water partition coefficient (Wildman–Crippen LogP) is 3.34. The average Bonchev–Trinajstić information content (AvgIpc) is 2.54. The van der Waals surface area contributed by atoms with Crippen LogP contribution in [0.15, 0.2) is 47.4 Å². The molecule has 4 N–H and O–H groups in total. The van der Waals surface area contributed by atoms with Crippen LogP contribution in [-0.4, -0.2) is 26.9 Å². The summed E-state index contributed by atoms with van der Waals surface area (Å²) in [7, 11) is -3.86. The average molecular weight is 432 g/mol. The molecule has 0 saturated carbocycles. The molecule has 6 nitrogen and oxygen atoms in total. The summed E-state index contributed by atoms with van der Waals surface area (Å²) in [6.45, 7) is 3.95. The van der Waals surface area contributed by atoms with E-state index in [0.717, 1.165) is 0 Å². The van der Waals surface area contributed by atoms with Crippen molar-refractivity contribution in [1.82, 2.24) is 5.32 Å². The minimum absolute atomic E-state index is 0. The second kappa shape index (κ2) is 9.94. The van der Waals surface area contributed by atoms with Gasteiger partial charge in [0, 0.05) is 23.2 Å². The standard InChI is InChI=1S/C18H22ClN3O3S.ClH/c1-12-6-7-14(18(23)21-9-8-13(2)20)10-17(12)26(24,25)22-16-5-3-4-15(19)11-16;/h3-7,10-11,13,22H,8-9,20H2,1-2H3,(H,21,23);1H. The van der Waals surface area contributed by atoms with Gasteiger partial charge in [-0.3, -0.25) is 9.52 Å². The lowest BCUT2D eigenvalue weighted by Gasteiger charge is -2.13. The van der Waals surface area contributed by atoms with Crippen molar-refractivity contribution < 1.29 is 13.2 Å². The lowest BCUT2D eigenvalue weighted by molar-refractivity contribution is 0.0952. The van der Waals surface area contributed by atoms with Gasteiger partial charge in [0.15, 0.2) is 0 Å². The van der Waals surface area contributed by atoms with Crippen LogP contribution in [0.4, 0.5) is 5.69 Å². The molecule has 1 amide bonds. The number of nitrogens with two attached hydrogens (primary N) is 1. The zero-order valence-electron chi connectivity index (χ0n) is 15.0. The Kier molecular flexibility index (Phi) is 8.56. The van der Waals surface area contributed by atoms with Gasteiger partial charge in [-0.25, -0.2) is 8.42 Å². The van der Waals surface area contributed by atoms with E-state index in [1.165, 1.54) is 12.1 Å². The molecule has 2 rings (SSSR count). The molecule has 2 aromatic rings. The largest absolute Gasteiger partial charge is 0.352 e. The second-order valence-electron chi connectivity index (χ2n) is 6.12. The van der Waals surface area contributed by atoms with Gasteiger partial charge < -0.3 is 11.1 Å². The van der Waals surface area contributed by atoms with Crippen LogP contribution in [0.25, 0.3) is 0 Å². The molecule has 0 radical (unpaired) electrons. The van der Waals surface area contributed by atoms with Crippen LogP contribution in [0, 0.1) is 6.92 Å². The van der Waals surface area contributed by atoms with Gasteiger partial charge in [-0.05, 0) is 56.2 Å². The maximum absolute atomic E-state index is 12.7. The molecule has 0 aromatic heterocycles. The minimum Gasteiger partial charge on any atom is -0.352 e. The summed E-state index contributed by atoms with van der Waals surface area (Å²) < 4.78 is 27.9. The summed E-state index contributed by atoms with van der Waals surface area (Å²) in [5.74, 6) is -0.343. The van der Waals surface area contributed by atoms with Gasteiger partial charge in [0.1, 0.15) is 0 Å². The highest BCUT2D eigenvalue weighted by molar-refractivity contribution is 7.92. The Morgan fingerprint density at radius 1 is 1.22 bits per heavy atom. The van der Waals surface area contributed by atoms with Gasteiger partial charge in [-0.15, -0.1) is 12.4 Å². The highest BCUT2D eigenvalue weighted by atomic mass is 35.5. The summed E-state index contributed by atoms with van der Waals surface area (Å²) in [6.07, 6.45) is 0.638. The molecule has 9 heteroatoms. The van der Waals surface area contributed by atoms with Gasteiger partial charge in [-0.1, -0.05) is 23.7 Å². The van der Waals surface area contributed by atoms with Crippen molar-refractivity contribution in [2.45, 2.75) is 31.2 Å². The van der Waals surface area contributed by atoms with Crippen LogP contribution in [0.2, 0.25) is 5.02 Å². The summed E-state index contributed by atoms with van der Waals surface area (Å²) in [5.41, 5.74) is 6.81. The molecule has 0 aliphatic heterocycles. The van der Waals surface area contributed by atoms with Crippen molar-refractivity contribution in [3.05, 3.63) is 58.6 Å². The summed E-state index contributed by atoms with van der Waals surface area (Å²) in [4.78, 5) is 12.3. The first kappa shape index (κ1) is 23.2. The summed E-state index contributed by atoms with van der Waals surface area (Å²) >= 11 is 5.89. The molecular weight excluding hydrogens is 409 g/mol. The SMILES string of the molecule is Cc1ccc(C(=O)NCCC(C)N)cc1S(=O)(=O)Nc1cccc(Cl)c1.Cl. The van der Waals surface area contributed by atoms with Crippen LogP contribution in [0.3, 0.4) is 0 Å². The molecule has 0 heterocycles. The Labute approximate surface area is 170 Å². The van der Waals surface area contributed by atoms with Crippen LogP contribution in [0.5, 0.6) is 0 Å². The van der Waals surface area contributed by atoms with Gasteiger partial charge in [0.2, 0.25) is 0 Å². The fraction of sp³-hybridized carbons (Fsp3) is 0.278. The number of amides is 1. The smallest absolute Gasteiger partial charge is 0.262 e. The molecule has 0 bridgehead atoms. The van der Waals surface area contributed by atoms with Crippen molar-refractivity contribution in [3.63, 3.8) is 0 Å². The summed E-state index contributed by atoms with van der Waals surface area (Å²) in [6, 6.07) is 11.0. The first-order valence-electron chi connectivity index (χ1n) is 8.12. The number of carbonyl (C=O) groups is 1. The van der Waals surface area contributed by atoms with E-state index in [9.17, 15) is 13.2 Å². The van der Waals surface area contributed by atoms with Crippen LogP contribution >= 0.6 is 24.0 Å². The third kappa shape index (κ3) is 6.70. The maximum Gasteiger partial charge on any atom is 0.262 e. The number of nitrogens with one attached hydrogen (secondary N) is 2. The lowest BCUT2D eigenvalue weighted by Crippen LogP contribution is -2.29. The third-order valence-electron chi connectivity index (χ3n) is 3.70. The minimum atomic E-state index is -3.86. The molecule has 0 aliphatic carbocycles. The van der Waals surface area contributed by atoms with Crippen molar-refractivity contribution in [2.24, 2.45) is 5.73 Å². The van der Waals surface area contributed by atoms with E-state index in [0.29, 0.717) is 29.2 Å². The molecule has 0 spiro atoms. The first-order chi connectivity index (χ1) is 12.2. The first-order valence-corrected chi connectivity index (χ1v) is 9.98. The van der Waals surface area contributed by atoms with E-state index in [2.05, 4.69) is 10.0 Å². The number of anilines is 1. The molecule has 0 aliphatic rings. The third-order valence-corrected chi connectivity index (χ3v) is 5.46. The van der Waals surface area contributed by atoms with E-state index in [4.69, 9.17) is 17.3 Å². The van der Waals surface area contributed by atoms with Crippen molar-refractivity contribution >= 4 is 45.6 Å². The molecule has 27 heavy (non-hydrogen) atoms. The number of sulfonamides is 1. The van der Waals surface area contributed by atoms with Crippen LogP contribution < -0.4 is 15.8 Å². The number of halogens is 2. The van der Waals surface area contributed by atoms with Crippen molar-refractivity contribution in [3.8, 4) is 0 Å². The number of hydrogen-bond acceptors (Lipinski definition) is 4. The zero-order chi connectivity index (χ0) is 19.3. The Hall–Kier alpha value is -1.80. The zero-order valence-corrected chi connectivity index (χ0v) is 17.4. The molecule has 148 valence electrons. The number of carbonyl (C=O) groups excluding carboxylic acids is 1. The highest BCUT2D eigenvalue weighted by Gasteiger charge is 2.19. The highest BCUT2D eigenvalue weighted by Crippen LogP contribution is 2.22. The predicted molar refractivity (Wildman–Crippen MR) is 111 cm³/mol. The topological polar surface area (TPSA) is 101 Å². The number of hydrogen-bond donors (Lipinski definition) is 3. The van der Waals surface area contributed by atoms with Crippen molar-refractivity contribution in [2.75, 3.05) is 11.3 Å². The maximum atomic E-state index is 12.7. The second-order valence-corrected chi connectivity index (χ2v) is 8.21. The van der Waals surface area contributed by atoms with Crippen LogP contribution in [-0.2, 0) is 10.0 Å². The Morgan fingerprint density at radius 3 is 2.56 bits per heavy atom. The van der Waals surface area contributed by atoms with E-state index in [-0.39, 0.29) is 34.8 Å². The molecule has 1 unspecified atom stereocenters. The monoisotopic (exact) mass is 431 g/mol. The van der Waals surface area contributed by atoms with Crippen LogP contribution in [0.1, 0.15) is 29.3 Å². The molecule has 0 saturated heterocycles. The molecule has 1 atom stereocenters. The van der Waals surface area contributed by atoms with Gasteiger partial charge >= 0.3 is 0 Å². The molecular formula is C18H23Cl2N3O3S. The lowest BCUT2D eigenvalue weighted by atomic mass is 10.1. The fourth-order valence-corrected chi connectivity index (χ4v) is 3.82. The number of rotatable bonds is 7. The fourth-order valence-electron chi connectivity index (χ4n) is 2.31. The van der Waals surface area contributed by atoms with Gasteiger partial charge in [0.05, 0.1) is 10.6 Å². The van der Waals surface area contributed by atoms with Crippen molar-refractivity contribution in [1.29, 1.82) is 0 Å². The summed E-state index contributed by atoms with van der Waals surface area (Å²) in [5, 5.41) is 3.15. The Balaban J connectivity index is 0.00000364. The van der Waals surface area contributed by atoms with E-state index >= 15 is 0 Å². The van der Waals surface area contributed by atoms with Gasteiger partial charge in [0.25, 0.3) is 15.9 Å². The Bertz CT molecular complexity index is 902. The molecule has 0 fully saturated rings. The normalized spacial score (nSPS) is 12.0. The van der Waals surface area contributed by atoms with E-state index in [1.807, 2.05) is 6.92 Å². The van der Waals surface area contributed by atoms with E-state index in [1.54, 1.807) is 37.3 Å². The Morgan fingerprint density at radius 2 is 1.93 bits per heavy atom. The van der Waals surface area contributed by atoms with Gasteiger partial charge in [-0.2, -0.15) is 0 Å². The quantitative estimate of drug-likeness (QED) is 0.625. The molecule has 2 aromatic carbocycles.